The van der Waals surface area contributed by atoms with Gasteiger partial charge in [-0.1, -0.05) is 11.6 Å². The Labute approximate surface area is 86.5 Å². The minimum atomic E-state index is -5.03. The molecule has 84 valence electrons. The summed E-state index contributed by atoms with van der Waals surface area (Å²) in [6.07, 6.45) is 0. The molecule has 0 unspecified atom stereocenters. The van der Waals surface area contributed by atoms with Crippen LogP contribution in [0, 0.1) is 13.8 Å². The number of rotatable bonds is 2. The van der Waals surface area contributed by atoms with E-state index in [0.29, 0.717) is 11.1 Å². The third-order valence-corrected chi connectivity index (χ3v) is 2.62. The van der Waals surface area contributed by atoms with Crippen LogP contribution in [-0.2, 0) is 6.54 Å². The van der Waals surface area contributed by atoms with E-state index >= 15 is 0 Å². The summed E-state index contributed by atoms with van der Waals surface area (Å²) in [5.41, 5.74) is 11.7. The molecular formula is C9H13BF3N2-. The zero-order chi connectivity index (χ0) is 11.8. The summed E-state index contributed by atoms with van der Waals surface area (Å²) in [5, 5.41) is 0. The Bertz CT molecular complexity index is 388. The van der Waals surface area contributed by atoms with Gasteiger partial charge in [-0.05, 0) is 25.0 Å². The van der Waals surface area contributed by atoms with Crippen molar-refractivity contribution in [1.29, 1.82) is 0 Å². The third-order valence-electron chi connectivity index (χ3n) is 2.62. The average molecular weight is 217 g/mol. The van der Waals surface area contributed by atoms with Gasteiger partial charge in [0.1, 0.15) is 0 Å². The normalized spacial score (nSPS) is 11.9. The predicted molar refractivity (Wildman–Crippen MR) is 56.9 cm³/mol. The van der Waals surface area contributed by atoms with Crippen LogP contribution in [0.25, 0.3) is 0 Å². The van der Waals surface area contributed by atoms with Crippen LogP contribution in [0.2, 0.25) is 0 Å². The van der Waals surface area contributed by atoms with E-state index in [9.17, 15) is 12.9 Å². The zero-order valence-corrected chi connectivity index (χ0v) is 8.65. The highest BCUT2D eigenvalue weighted by Crippen LogP contribution is 2.22. The minimum Gasteiger partial charge on any atom is -0.445 e. The summed E-state index contributed by atoms with van der Waals surface area (Å²) in [6.45, 7) is -1.90. The molecule has 0 aromatic heterocycles. The summed E-state index contributed by atoms with van der Waals surface area (Å²) >= 11 is 0. The molecule has 0 aliphatic rings. The molecule has 0 atom stereocenters. The van der Waals surface area contributed by atoms with Crippen LogP contribution in [0.5, 0.6) is 0 Å². The average Bonchev–Trinajstić information content (AvgIpc) is 2.13. The Kier molecular flexibility index (Phi) is 2.99. The fraction of sp³-hybridized carbons (Fsp3) is 0.333. The lowest BCUT2D eigenvalue weighted by Gasteiger charge is -2.22. The maximum atomic E-state index is 12.6. The molecule has 1 aromatic carbocycles. The Balaban J connectivity index is 3.49. The topological polar surface area (TPSA) is 52.0 Å². The molecule has 0 fully saturated rings. The smallest absolute Gasteiger partial charge is 0.445 e. The summed E-state index contributed by atoms with van der Waals surface area (Å²) in [5.74, 6) is 0. The van der Waals surface area contributed by atoms with Gasteiger partial charge in [0.2, 0.25) is 0 Å². The van der Waals surface area contributed by atoms with Gasteiger partial charge in [-0.25, -0.2) is 0 Å². The molecule has 0 bridgehead atoms. The molecule has 1 rings (SSSR count). The van der Waals surface area contributed by atoms with Crippen LogP contribution in [0.1, 0.15) is 16.7 Å². The van der Waals surface area contributed by atoms with Crippen LogP contribution in [0.4, 0.5) is 18.6 Å². The molecule has 0 aliphatic carbocycles. The lowest BCUT2D eigenvalue weighted by Crippen LogP contribution is -2.37. The quantitative estimate of drug-likeness (QED) is 0.581. The van der Waals surface area contributed by atoms with Crippen molar-refractivity contribution in [3.8, 4) is 0 Å². The Morgan fingerprint density at radius 3 is 2.13 bits per heavy atom. The molecule has 0 radical (unpaired) electrons. The Hall–Kier alpha value is -1.17. The van der Waals surface area contributed by atoms with Gasteiger partial charge in [0, 0.05) is 12.2 Å². The van der Waals surface area contributed by atoms with Crippen molar-refractivity contribution in [2.24, 2.45) is 5.73 Å². The summed E-state index contributed by atoms with van der Waals surface area (Å²) in [4.78, 5) is 0. The number of benzene rings is 1. The first-order chi connectivity index (χ1) is 6.79. The molecule has 0 saturated heterocycles. The Morgan fingerprint density at radius 1 is 1.20 bits per heavy atom. The van der Waals surface area contributed by atoms with Crippen molar-refractivity contribution >= 4 is 18.1 Å². The maximum absolute atomic E-state index is 12.6. The molecule has 1 aromatic rings. The van der Waals surface area contributed by atoms with Gasteiger partial charge in [-0.3, -0.25) is 0 Å². The van der Waals surface area contributed by atoms with E-state index < -0.39 is 12.4 Å². The van der Waals surface area contributed by atoms with Gasteiger partial charge in [0.25, 0.3) is 0 Å². The van der Waals surface area contributed by atoms with Crippen LogP contribution < -0.4 is 16.9 Å². The highest BCUT2D eigenvalue weighted by atomic mass is 19.4. The largest absolute Gasteiger partial charge is 0.509 e. The standard InChI is InChI=1S/C9H13BF3N2/c1-5-7(4-14)3-8(10(11,12)13)6(2)9(5)15/h3H,4,14-15H2,1-2H3/q-1. The predicted octanol–water partition coefficient (Wildman–Crippen LogP) is 1.40. The second-order valence-electron chi connectivity index (χ2n) is 3.57. The summed E-state index contributed by atoms with van der Waals surface area (Å²) < 4.78 is 37.9. The number of hydrogen-bond donors (Lipinski definition) is 2. The molecule has 6 heteroatoms. The van der Waals surface area contributed by atoms with Gasteiger partial charge in [0.05, 0.1) is 0 Å². The van der Waals surface area contributed by atoms with Gasteiger partial charge in [-0.15, -0.1) is 5.46 Å². The first kappa shape index (κ1) is 11.9. The first-order valence-electron chi connectivity index (χ1n) is 4.57. The SMILES string of the molecule is Cc1c(CN)cc([B-](F)(F)F)c(C)c1N. The minimum absolute atomic E-state index is 0.0650. The van der Waals surface area contributed by atoms with Gasteiger partial charge in [0.15, 0.2) is 0 Å². The molecule has 0 spiro atoms. The number of nitrogens with two attached hydrogens (primary N) is 2. The van der Waals surface area contributed by atoms with Crippen molar-refractivity contribution < 1.29 is 12.9 Å². The molecule has 0 aliphatic heterocycles. The highest BCUT2D eigenvalue weighted by Gasteiger charge is 2.29. The van der Waals surface area contributed by atoms with Crippen LogP contribution in [0.3, 0.4) is 0 Å². The maximum Gasteiger partial charge on any atom is 0.509 e. The van der Waals surface area contributed by atoms with Crippen LogP contribution in [-0.4, -0.2) is 6.98 Å². The second-order valence-corrected chi connectivity index (χ2v) is 3.57. The van der Waals surface area contributed by atoms with E-state index in [2.05, 4.69) is 0 Å². The molecular weight excluding hydrogens is 204 g/mol. The molecule has 0 amide bonds. The lowest BCUT2D eigenvalue weighted by molar-refractivity contribution is 0.500. The summed E-state index contributed by atoms with van der Waals surface area (Å²) in [7, 11) is 0. The number of halogens is 3. The van der Waals surface area contributed by atoms with Crippen molar-refractivity contribution in [2.45, 2.75) is 20.4 Å². The molecule has 0 heterocycles. The molecule has 2 nitrogen and oxygen atoms in total. The van der Waals surface area contributed by atoms with Crippen molar-refractivity contribution in [3.63, 3.8) is 0 Å². The van der Waals surface area contributed by atoms with E-state index in [-0.39, 0.29) is 17.8 Å². The van der Waals surface area contributed by atoms with Crippen molar-refractivity contribution in [1.82, 2.24) is 0 Å². The molecule has 4 N–H and O–H groups in total. The summed E-state index contributed by atoms with van der Waals surface area (Å²) in [6, 6.07) is 1.10. The molecule has 15 heavy (non-hydrogen) atoms. The highest BCUT2D eigenvalue weighted by molar-refractivity contribution is 6.74. The first-order valence-corrected chi connectivity index (χ1v) is 4.57. The van der Waals surface area contributed by atoms with E-state index in [0.717, 1.165) is 6.07 Å². The number of anilines is 1. The van der Waals surface area contributed by atoms with Crippen LogP contribution >= 0.6 is 0 Å². The zero-order valence-electron chi connectivity index (χ0n) is 8.65. The van der Waals surface area contributed by atoms with E-state index in [4.69, 9.17) is 11.5 Å². The van der Waals surface area contributed by atoms with Crippen molar-refractivity contribution in [2.75, 3.05) is 5.73 Å². The lowest BCUT2D eigenvalue weighted by atomic mass is 9.75. The van der Waals surface area contributed by atoms with Gasteiger partial charge >= 0.3 is 6.98 Å². The van der Waals surface area contributed by atoms with E-state index in [1.807, 2.05) is 0 Å². The van der Waals surface area contributed by atoms with E-state index in [1.54, 1.807) is 6.92 Å². The number of nitrogen functional groups attached to an aromatic ring is 1. The fourth-order valence-corrected chi connectivity index (χ4v) is 1.57. The monoisotopic (exact) mass is 217 g/mol. The van der Waals surface area contributed by atoms with Crippen molar-refractivity contribution in [3.05, 3.63) is 22.8 Å². The Morgan fingerprint density at radius 2 is 1.73 bits per heavy atom. The molecule has 0 saturated carbocycles. The second kappa shape index (κ2) is 3.77. The fourth-order valence-electron chi connectivity index (χ4n) is 1.57. The van der Waals surface area contributed by atoms with Crippen LogP contribution in [0.15, 0.2) is 6.07 Å². The van der Waals surface area contributed by atoms with Gasteiger partial charge < -0.3 is 24.4 Å². The number of hydrogen-bond acceptors (Lipinski definition) is 2. The van der Waals surface area contributed by atoms with Gasteiger partial charge in [-0.2, -0.15) is 0 Å². The third kappa shape index (κ3) is 2.09. The van der Waals surface area contributed by atoms with E-state index in [1.165, 1.54) is 6.92 Å².